The van der Waals surface area contributed by atoms with Crippen LogP contribution in [-0.4, -0.2) is 31.9 Å². The molecule has 26 heavy (non-hydrogen) atoms. The van der Waals surface area contributed by atoms with Crippen LogP contribution in [0.25, 0.3) is 10.9 Å². The average Bonchev–Trinajstić information content (AvgIpc) is 2.86. The Balaban J connectivity index is 1.65. The summed E-state index contributed by atoms with van der Waals surface area (Å²) in [6.07, 6.45) is 1.73. The molecular weight excluding hydrogens is 336 g/mol. The third-order valence-electron chi connectivity index (χ3n) is 4.20. The number of rotatable bonds is 5. The van der Waals surface area contributed by atoms with Gasteiger partial charge in [-0.25, -0.2) is 15.3 Å². The minimum absolute atomic E-state index is 0.0218. The first-order valence-electron chi connectivity index (χ1n) is 8.01. The molecule has 0 saturated carbocycles. The van der Waals surface area contributed by atoms with Gasteiger partial charge in [0.05, 0.1) is 6.21 Å². The van der Waals surface area contributed by atoms with Gasteiger partial charge in [-0.3, -0.25) is 14.6 Å². The molecule has 0 aliphatic heterocycles. The maximum Gasteiger partial charge on any atom is 0.342 e. The zero-order valence-corrected chi connectivity index (χ0v) is 14.4. The molecule has 0 radical (unpaired) electrons. The van der Waals surface area contributed by atoms with Crippen LogP contribution in [-0.2, 0) is 18.3 Å². The number of amides is 1. The summed E-state index contributed by atoms with van der Waals surface area (Å²) in [6.45, 7) is 1.98. The molecule has 0 atom stereocenters. The van der Waals surface area contributed by atoms with Crippen LogP contribution in [0.4, 0.5) is 0 Å². The van der Waals surface area contributed by atoms with Gasteiger partial charge in [0.25, 0.3) is 5.56 Å². The Labute approximate surface area is 147 Å². The molecule has 3 aromatic rings. The number of hydrazone groups is 1. The van der Waals surface area contributed by atoms with Crippen molar-refractivity contribution in [1.29, 1.82) is 0 Å². The van der Waals surface area contributed by atoms with Crippen molar-refractivity contribution in [3.63, 3.8) is 0 Å². The lowest BCUT2D eigenvalue weighted by atomic mass is 10.1. The van der Waals surface area contributed by atoms with Crippen LogP contribution in [0, 0.1) is 6.92 Å². The van der Waals surface area contributed by atoms with E-state index >= 15 is 0 Å². The molecule has 1 amide bonds. The van der Waals surface area contributed by atoms with E-state index in [9.17, 15) is 14.4 Å². The SMILES string of the molecule is Cc1c(/C=N/NC(=O)CCc2n[nH]c(=O)[nH]c2=O)c2ccccc2n1C. The smallest absolute Gasteiger partial charge is 0.342 e. The molecule has 0 aliphatic rings. The fraction of sp³-hybridized carbons (Fsp3) is 0.235. The van der Waals surface area contributed by atoms with Crippen molar-refractivity contribution in [3.8, 4) is 0 Å². The van der Waals surface area contributed by atoms with Gasteiger partial charge >= 0.3 is 5.69 Å². The second kappa shape index (κ2) is 7.18. The van der Waals surface area contributed by atoms with E-state index in [-0.39, 0.29) is 24.4 Å². The molecule has 0 aliphatic carbocycles. The Bertz CT molecular complexity index is 1110. The second-order valence-corrected chi connectivity index (χ2v) is 5.82. The van der Waals surface area contributed by atoms with E-state index in [1.807, 2.05) is 38.2 Å². The van der Waals surface area contributed by atoms with Gasteiger partial charge in [0.15, 0.2) is 0 Å². The maximum atomic E-state index is 11.9. The van der Waals surface area contributed by atoms with Crippen molar-refractivity contribution < 1.29 is 4.79 Å². The summed E-state index contributed by atoms with van der Waals surface area (Å²) in [5.41, 5.74) is 4.30. The number of aryl methyl sites for hydroxylation is 2. The molecule has 2 aromatic heterocycles. The van der Waals surface area contributed by atoms with E-state index in [0.717, 1.165) is 22.2 Å². The van der Waals surface area contributed by atoms with E-state index in [1.54, 1.807) is 6.21 Å². The van der Waals surface area contributed by atoms with E-state index in [0.29, 0.717) is 0 Å². The molecule has 9 heteroatoms. The highest BCUT2D eigenvalue weighted by Gasteiger charge is 2.10. The Morgan fingerprint density at radius 1 is 1.35 bits per heavy atom. The molecule has 0 fully saturated rings. The molecule has 3 rings (SSSR count). The number of aromatic nitrogens is 4. The predicted octanol–water partition coefficient (Wildman–Crippen LogP) is 0.341. The van der Waals surface area contributed by atoms with Crippen molar-refractivity contribution in [2.45, 2.75) is 19.8 Å². The molecule has 0 spiro atoms. The van der Waals surface area contributed by atoms with Crippen molar-refractivity contribution in [2.24, 2.45) is 12.1 Å². The highest BCUT2D eigenvalue weighted by atomic mass is 16.2. The standard InChI is InChI=1S/C17H18N6O3/c1-10-12(11-5-3-4-6-14(11)23(10)2)9-18-21-15(24)8-7-13-16(25)19-17(26)22-20-13/h3-6,9H,7-8H2,1-2H3,(H,21,24)(H2,19,22,25,26)/b18-9+. The van der Waals surface area contributed by atoms with Gasteiger partial charge in [0, 0.05) is 42.0 Å². The van der Waals surface area contributed by atoms with Gasteiger partial charge in [-0.2, -0.15) is 10.2 Å². The molecule has 3 N–H and O–H groups in total. The number of benzene rings is 1. The number of hydrogen-bond donors (Lipinski definition) is 3. The third-order valence-corrected chi connectivity index (χ3v) is 4.20. The van der Waals surface area contributed by atoms with Crippen molar-refractivity contribution in [1.82, 2.24) is 25.2 Å². The number of carbonyl (C=O) groups excluding carboxylic acids is 1. The highest BCUT2D eigenvalue weighted by molar-refractivity contribution is 6.01. The topological polar surface area (TPSA) is 125 Å². The zero-order chi connectivity index (χ0) is 18.7. The largest absolute Gasteiger partial charge is 0.347 e. The number of H-pyrrole nitrogens is 2. The number of hydrogen-bond acceptors (Lipinski definition) is 5. The number of fused-ring (bicyclic) bond motifs is 1. The van der Waals surface area contributed by atoms with E-state index < -0.39 is 11.2 Å². The summed E-state index contributed by atoms with van der Waals surface area (Å²) in [4.78, 5) is 36.4. The van der Waals surface area contributed by atoms with Gasteiger partial charge in [0.2, 0.25) is 5.91 Å². The lowest BCUT2D eigenvalue weighted by Gasteiger charge is -2.00. The minimum atomic E-state index is -0.682. The minimum Gasteiger partial charge on any atom is -0.347 e. The Hall–Kier alpha value is -3.49. The molecule has 2 heterocycles. The highest BCUT2D eigenvalue weighted by Crippen LogP contribution is 2.22. The normalized spacial score (nSPS) is 11.3. The number of carbonyl (C=O) groups is 1. The Morgan fingerprint density at radius 3 is 2.88 bits per heavy atom. The third kappa shape index (κ3) is 3.46. The van der Waals surface area contributed by atoms with Gasteiger partial charge in [0.1, 0.15) is 5.69 Å². The van der Waals surface area contributed by atoms with E-state index in [1.165, 1.54) is 0 Å². The first kappa shape index (κ1) is 17.3. The van der Waals surface area contributed by atoms with Crippen molar-refractivity contribution >= 4 is 23.0 Å². The van der Waals surface area contributed by atoms with Gasteiger partial charge in [-0.1, -0.05) is 18.2 Å². The Morgan fingerprint density at radius 2 is 2.12 bits per heavy atom. The van der Waals surface area contributed by atoms with Crippen LogP contribution in [0.2, 0.25) is 0 Å². The second-order valence-electron chi connectivity index (χ2n) is 5.82. The van der Waals surface area contributed by atoms with Gasteiger partial charge in [-0.05, 0) is 13.0 Å². The lowest BCUT2D eigenvalue weighted by Crippen LogP contribution is -2.28. The molecule has 0 unspecified atom stereocenters. The number of para-hydroxylation sites is 1. The summed E-state index contributed by atoms with van der Waals surface area (Å²) in [5, 5.41) is 10.8. The van der Waals surface area contributed by atoms with Crippen LogP contribution in [0.15, 0.2) is 39.0 Å². The van der Waals surface area contributed by atoms with Crippen LogP contribution >= 0.6 is 0 Å². The molecule has 0 bridgehead atoms. The summed E-state index contributed by atoms with van der Waals surface area (Å²) in [6, 6.07) is 7.94. The fourth-order valence-electron chi connectivity index (χ4n) is 2.71. The van der Waals surface area contributed by atoms with E-state index in [2.05, 4.69) is 30.3 Å². The van der Waals surface area contributed by atoms with E-state index in [4.69, 9.17) is 0 Å². The number of nitrogens with zero attached hydrogens (tertiary/aromatic N) is 3. The van der Waals surface area contributed by atoms with Crippen LogP contribution in [0.5, 0.6) is 0 Å². The predicted molar refractivity (Wildman–Crippen MR) is 97.2 cm³/mol. The van der Waals surface area contributed by atoms with Crippen LogP contribution in [0.1, 0.15) is 23.4 Å². The monoisotopic (exact) mass is 354 g/mol. The first-order valence-corrected chi connectivity index (χ1v) is 8.01. The lowest BCUT2D eigenvalue weighted by molar-refractivity contribution is -0.121. The summed E-state index contributed by atoms with van der Waals surface area (Å²) in [5.74, 6) is -0.355. The molecule has 1 aromatic carbocycles. The van der Waals surface area contributed by atoms with Crippen LogP contribution < -0.4 is 16.7 Å². The fourth-order valence-corrected chi connectivity index (χ4v) is 2.71. The average molecular weight is 354 g/mol. The Kier molecular flexibility index (Phi) is 4.78. The summed E-state index contributed by atoms with van der Waals surface area (Å²) < 4.78 is 2.06. The number of nitrogens with one attached hydrogen (secondary N) is 3. The zero-order valence-electron chi connectivity index (χ0n) is 14.4. The summed E-state index contributed by atoms with van der Waals surface area (Å²) >= 11 is 0. The quantitative estimate of drug-likeness (QED) is 0.451. The molecule has 134 valence electrons. The van der Waals surface area contributed by atoms with Crippen molar-refractivity contribution in [2.75, 3.05) is 0 Å². The van der Waals surface area contributed by atoms with Gasteiger partial charge in [-0.15, -0.1) is 0 Å². The van der Waals surface area contributed by atoms with Crippen molar-refractivity contribution in [3.05, 3.63) is 62.1 Å². The number of aromatic amines is 2. The van der Waals surface area contributed by atoms with Gasteiger partial charge < -0.3 is 4.57 Å². The molecule has 0 saturated heterocycles. The summed E-state index contributed by atoms with van der Waals surface area (Å²) in [7, 11) is 1.97. The maximum absolute atomic E-state index is 11.9. The van der Waals surface area contributed by atoms with Crippen LogP contribution in [0.3, 0.4) is 0 Å². The molecule has 9 nitrogen and oxygen atoms in total. The molecular formula is C17H18N6O3. The first-order chi connectivity index (χ1) is 12.5.